The van der Waals surface area contributed by atoms with E-state index in [0.29, 0.717) is 6.54 Å². The molecule has 1 fully saturated rings. The lowest BCUT2D eigenvalue weighted by molar-refractivity contribution is -0.384. The lowest BCUT2D eigenvalue weighted by Crippen LogP contribution is -2.42. The first-order valence-electron chi connectivity index (χ1n) is 9.51. The van der Waals surface area contributed by atoms with Crippen molar-refractivity contribution in [2.45, 2.75) is 30.8 Å². The number of likely N-dealkylation sites (tertiary alicyclic amines) is 1. The Labute approximate surface area is 170 Å². The first kappa shape index (κ1) is 21.2. The van der Waals surface area contributed by atoms with Crippen molar-refractivity contribution in [3.63, 3.8) is 0 Å². The molecule has 3 rings (SSSR count). The summed E-state index contributed by atoms with van der Waals surface area (Å²) in [5.41, 5.74) is 0.862. The Balaban J connectivity index is 1.95. The number of aryl methyl sites for hydroxylation is 1. The molecule has 8 nitrogen and oxygen atoms in total. The molecule has 1 saturated heterocycles. The second-order valence-electron chi connectivity index (χ2n) is 7.29. The van der Waals surface area contributed by atoms with E-state index in [2.05, 4.69) is 4.90 Å². The van der Waals surface area contributed by atoms with Gasteiger partial charge >= 0.3 is 0 Å². The number of nitrogens with zero attached hydrogens (tertiary/aromatic N) is 3. The maximum absolute atomic E-state index is 13.3. The van der Waals surface area contributed by atoms with Crippen LogP contribution in [0.15, 0.2) is 53.4 Å². The van der Waals surface area contributed by atoms with Gasteiger partial charge in [0.15, 0.2) is 0 Å². The molecule has 0 bridgehead atoms. The number of nitro benzene ring substituents is 1. The van der Waals surface area contributed by atoms with E-state index >= 15 is 0 Å². The predicted octanol–water partition coefficient (Wildman–Crippen LogP) is 2.56. The monoisotopic (exact) mass is 419 g/mol. The number of β-amino-alcohol motifs (C(OH)–C–C–N with tert-alkyl or cyclic N) is 1. The third kappa shape index (κ3) is 5.11. The normalized spacial score (nSPS) is 15.9. The molecule has 0 amide bonds. The fourth-order valence-electron chi connectivity index (χ4n) is 3.45. The van der Waals surface area contributed by atoms with Gasteiger partial charge in [0.05, 0.1) is 28.2 Å². The molecule has 0 aromatic heterocycles. The maximum Gasteiger partial charge on any atom is 0.271 e. The van der Waals surface area contributed by atoms with Gasteiger partial charge in [0, 0.05) is 18.7 Å². The highest BCUT2D eigenvalue weighted by Crippen LogP contribution is 2.27. The number of nitro groups is 1. The quantitative estimate of drug-likeness (QED) is 0.521. The molecule has 0 unspecified atom stereocenters. The van der Waals surface area contributed by atoms with E-state index in [9.17, 15) is 23.6 Å². The number of aliphatic hydroxyl groups excluding tert-OH is 1. The Morgan fingerprint density at radius 1 is 1.17 bits per heavy atom. The van der Waals surface area contributed by atoms with Gasteiger partial charge in [-0.15, -0.1) is 0 Å². The molecule has 0 radical (unpaired) electrons. The number of aliphatic hydroxyl groups is 1. The Bertz CT molecular complexity index is 956. The van der Waals surface area contributed by atoms with E-state index in [1.807, 2.05) is 6.92 Å². The first-order chi connectivity index (χ1) is 13.8. The van der Waals surface area contributed by atoms with E-state index in [4.69, 9.17) is 0 Å². The number of benzene rings is 2. The van der Waals surface area contributed by atoms with Crippen molar-refractivity contribution in [3.8, 4) is 0 Å². The van der Waals surface area contributed by atoms with Crippen LogP contribution in [-0.4, -0.2) is 55.6 Å². The maximum atomic E-state index is 13.3. The summed E-state index contributed by atoms with van der Waals surface area (Å²) in [7, 11) is -4.01. The summed E-state index contributed by atoms with van der Waals surface area (Å²) in [5.74, 6) is 0. The second-order valence-corrected chi connectivity index (χ2v) is 9.15. The minimum absolute atomic E-state index is 0.0722. The molecule has 1 atom stereocenters. The molecule has 2 aromatic carbocycles. The highest BCUT2D eigenvalue weighted by molar-refractivity contribution is 7.92. The number of non-ortho nitro benzene ring substituents is 1. The van der Waals surface area contributed by atoms with E-state index in [-0.39, 0.29) is 22.8 Å². The van der Waals surface area contributed by atoms with Gasteiger partial charge in [-0.25, -0.2) is 8.42 Å². The van der Waals surface area contributed by atoms with Crippen molar-refractivity contribution in [1.29, 1.82) is 0 Å². The van der Waals surface area contributed by atoms with E-state index in [1.54, 1.807) is 12.1 Å². The Hall–Kier alpha value is -2.49. The third-order valence-electron chi connectivity index (χ3n) is 4.98. The average molecular weight is 420 g/mol. The van der Waals surface area contributed by atoms with Crippen molar-refractivity contribution in [1.82, 2.24) is 4.90 Å². The van der Waals surface area contributed by atoms with Gasteiger partial charge in [-0.3, -0.25) is 14.4 Å². The molecule has 156 valence electrons. The Morgan fingerprint density at radius 3 is 2.45 bits per heavy atom. The van der Waals surface area contributed by atoms with Gasteiger partial charge in [-0.05, 0) is 51.1 Å². The molecule has 0 saturated carbocycles. The van der Waals surface area contributed by atoms with Crippen LogP contribution in [0.2, 0.25) is 0 Å². The minimum atomic E-state index is -4.01. The van der Waals surface area contributed by atoms with Crippen molar-refractivity contribution in [2.24, 2.45) is 0 Å². The predicted molar refractivity (Wildman–Crippen MR) is 110 cm³/mol. The molecule has 1 aliphatic rings. The molecule has 0 spiro atoms. The third-order valence-corrected chi connectivity index (χ3v) is 6.79. The molecule has 0 aliphatic carbocycles. The van der Waals surface area contributed by atoms with Crippen LogP contribution >= 0.6 is 0 Å². The summed E-state index contributed by atoms with van der Waals surface area (Å²) in [6.07, 6.45) is 1.19. The SMILES string of the molecule is Cc1ccc(S(=O)(=O)N(C[C@@H](O)CN2CCCC2)c2cccc([N+](=O)[O-])c2)cc1. The van der Waals surface area contributed by atoms with Gasteiger partial charge in [0.25, 0.3) is 15.7 Å². The van der Waals surface area contributed by atoms with Crippen LogP contribution < -0.4 is 4.31 Å². The summed E-state index contributed by atoms with van der Waals surface area (Å²) < 4.78 is 27.7. The van der Waals surface area contributed by atoms with Crippen LogP contribution in [0.4, 0.5) is 11.4 Å². The highest BCUT2D eigenvalue weighted by atomic mass is 32.2. The zero-order valence-corrected chi connectivity index (χ0v) is 17.1. The van der Waals surface area contributed by atoms with Crippen LogP contribution in [0, 0.1) is 17.0 Å². The summed E-state index contributed by atoms with van der Waals surface area (Å²) in [6, 6.07) is 11.9. The van der Waals surface area contributed by atoms with Crippen LogP contribution in [0.25, 0.3) is 0 Å². The lowest BCUT2D eigenvalue weighted by atomic mass is 10.2. The first-order valence-corrected chi connectivity index (χ1v) is 11.0. The lowest BCUT2D eigenvalue weighted by Gasteiger charge is -2.28. The number of rotatable bonds is 8. The van der Waals surface area contributed by atoms with Gasteiger partial charge < -0.3 is 10.0 Å². The largest absolute Gasteiger partial charge is 0.390 e. The van der Waals surface area contributed by atoms with Gasteiger partial charge in [-0.1, -0.05) is 23.8 Å². The number of hydrogen-bond acceptors (Lipinski definition) is 6. The zero-order valence-electron chi connectivity index (χ0n) is 16.3. The molecule has 1 aliphatic heterocycles. The summed E-state index contributed by atoms with van der Waals surface area (Å²) in [6.45, 7) is 3.77. The smallest absolute Gasteiger partial charge is 0.271 e. The fourth-order valence-corrected chi connectivity index (χ4v) is 4.95. The van der Waals surface area contributed by atoms with Crippen molar-refractivity contribution in [2.75, 3.05) is 30.5 Å². The van der Waals surface area contributed by atoms with Gasteiger partial charge in [0.2, 0.25) is 0 Å². The van der Waals surface area contributed by atoms with Crippen LogP contribution in [0.5, 0.6) is 0 Å². The van der Waals surface area contributed by atoms with Crippen LogP contribution in [0.1, 0.15) is 18.4 Å². The second kappa shape index (κ2) is 8.89. The van der Waals surface area contributed by atoms with E-state index < -0.39 is 21.1 Å². The summed E-state index contributed by atoms with van der Waals surface area (Å²) in [4.78, 5) is 12.8. The molecular weight excluding hydrogens is 394 g/mol. The summed E-state index contributed by atoms with van der Waals surface area (Å²) in [5, 5.41) is 21.8. The van der Waals surface area contributed by atoms with E-state index in [1.165, 1.54) is 36.4 Å². The van der Waals surface area contributed by atoms with E-state index in [0.717, 1.165) is 35.8 Å². The molecule has 1 heterocycles. The van der Waals surface area contributed by atoms with Crippen molar-refractivity contribution < 1.29 is 18.4 Å². The van der Waals surface area contributed by atoms with Crippen molar-refractivity contribution in [3.05, 3.63) is 64.2 Å². The molecule has 29 heavy (non-hydrogen) atoms. The van der Waals surface area contributed by atoms with Gasteiger partial charge in [0.1, 0.15) is 0 Å². The zero-order chi connectivity index (χ0) is 21.0. The highest BCUT2D eigenvalue weighted by Gasteiger charge is 2.29. The Kier molecular flexibility index (Phi) is 6.51. The van der Waals surface area contributed by atoms with Gasteiger partial charge in [-0.2, -0.15) is 0 Å². The molecule has 9 heteroatoms. The number of sulfonamides is 1. The fraction of sp³-hybridized carbons (Fsp3) is 0.400. The molecular formula is C20H25N3O5S. The summed E-state index contributed by atoms with van der Waals surface area (Å²) >= 11 is 0. The van der Waals surface area contributed by atoms with Crippen LogP contribution in [0.3, 0.4) is 0 Å². The molecule has 1 N–H and O–H groups in total. The Morgan fingerprint density at radius 2 is 1.83 bits per heavy atom. The topological polar surface area (TPSA) is 104 Å². The van der Waals surface area contributed by atoms with Crippen molar-refractivity contribution >= 4 is 21.4 Å². The number of anilines is 1. The number of hydrogen-bond donors (Lipinski definition) is 1. The van der Waals surface area contributed by atoms with Crippen LogP contribution in [-0.2, 0) is 10.0 Å². The standard InChI is InChI=1S/C20H25N3O5S/c1-16-7-9-20(10-8-16)29(27,28)22(15-19(24)14-21-11-2-3-12-21)17-5-4-6-18(13-17)23(25)26/h4-10,13,19,24H,2-3,11-12,14-15H2,1H3/t19-/m0/s1. The minimum Gasteiger partial charge on any atom is -0.390 e. The molecule has 2 aromatic rings. The average Bonchev–Trinajstić information content (AvgIpc) is 3.19.